The lowest BCUT2D eigenvalue weighted by atomic mass is 10.1. The average molecular weight is 384 g/mol. The molecular formula is C11H17N2O11P. The second-order valence-electron chi connectivity index (χ2n) is 4.87. The molecule has 25 heavy (non-hydrogen) atoms. The van der Waals surface area contributed by atoms with Gasteiger partial charge >= 0.3 is 25.5 Å². The maximum Gasteiger partial charge on any atom is 0.334 e. The fraction of sp³-hybridized carbons (Fsp3) is 0.545. The van der Waals surface area contributed by atoms with E-state index in [9.17, 15) is 28.5 Å². The number of rotatable bonds is 11. The molecule has 0 unspecified atom stereocenters. The lowest BCUT2D eigenvalue weighted by molar-refractivity contribution is -0.144. The third-order valence-electron chi connectivity index (χ3n) is 2.64. The quantitative estimate of drug-likeness (QED) is 0.185. The molecule has 0 aromatic rings. The van der Waals surface area contributed by atoms with Crippen molar-refractivity contribution in [3.8, 4) is 0 Å². The molecule has 0 aromatic carbocycles. The second kappa shape index (κ2) is 9.71. The number of hydrogen-bond donors (Lipinski definition) is 7. The smallest absolute Gasteiger partial charge is 0.334 e. The van der Waals surface area contributed by atoms with Gasteiger partial charge in [0.25, 0.3) is 0 Å². The molecule has 14 heteroatoms. The van der Waals surface area contributed by atoms with Gasteiger partial charge in [0.2, 0.25) is 11.8 Å². The van der Waals surface area contributed by atoms with Crippen LogP contribution in [0.3, 0.4) is 0 Å². The predicted molar refractivity (Wildman–Crippen MR) is 77.5 cm³/mol. The maximum atomic E-state index is 11.9. The predicted octanol–water partition coefficient (Wildman–Crippen LogP) is -2.44. The summed E-state index contributed by atoms with van der Waals surface area (Å²) in [7, 11) is -4.76. The van der Waals surface area contributed by atoms with Crippen molar-refractivity contribution in [2.75, 3.05) is 6.16 Å². The van der Waals surface area contributed by atoms with E-state index >= 15 is 0 Å². The van der Waals surface area contributed by atoms with Crippen LogP contribution < -0.4 is 10.6 Å². The first kappa shape index (κ1) is 22.5. The highest BCUT2D eigenvalue weighted by Crippen LogP contribution is 2.33. The molecule has 0 bridgehead atoms. The van der Waals surface area contributed by atoms with Crippen LogP contribution in [0.4, 0.5) is 0 Å². The number of carboxylic acid groups (broad SMARTS) is 3. The molecule has 0 heterocycles. The van der Waals surface area contributed by atoms with Crippen molar-refractivity contribution in [3.63, 3.8) is 0 Å². The summed E-state index contributed by atoms with van der Waals surface area (Å²) in [6.45, 7) is 0. The molecule has 0 saturated carbocycles. The van der Waals surface area contributed by atoms with Crippen LogP contribution in [-0.4, -0.2) is 73.1 Å². The first-order chi connectivity index (χ1) is 11.3. The fourth-order valence-electron chi connectivity index (χ4n) is 1.61. The monoisotopic (exact) mass is 384 g/mol. The molecule has 13 nitrogen and oxygen atoms in total. The molecule has 0 rings (SSSR count). The van der Waals surface area contributed by atoms with E-state index in [2.05, 4.69) is 0 Å². The van der Waals surface area contributed by atoms with Gasteiger partial charge in [0, 0.05) is 6.42 Å². The third-order valence-corrected chi connectivity index (χ3v) is 3.34. The zero-order chi connectivity index (χ0) is 19.8. The molecule has 0 fully saturated rings. The number of hydrogen-bond acceptors (Lipinski definition) is 6. The van der Waals surface area contributed by atoms with E-state index in [-0.39, 0.29) is 0 Å². The minimum atomic E-state index is -4.76. The standard InChI is InChI=1S/C11H17N2O11P/c14-7(4-25(22,23)24)12-6(3-9(17)18)10(19)13-5(11(20)21)1-2-8(15)16/h5-6H,1-4H2,(H,12,14)(H,13,19)(H,15,16)(H,17,18)(H,20,21)(H2,22,23,24)/t5-,6-/m0/s1. The summed E-state index contributed by atoms with van der Waals surface area (Å²) in [5.41, 5.74) is 0. The van der Waals surface area contributed by atoms with Gasteiger partial charge in [-0.3, -0.25) is 23.7 Å². The topological polar surface area (TPSA) is 228 Å². The summed E-state index contributed by atoms with van der Waals surface area (Å²) in [5, 5.41) is 29.8. The Morgan fingerprint density at radius 3 is 1.84 bits per heavy atom. The molecule has 0 aliphatic rings. The third kappa shape index (κ3) is 10.8. The van der Waals surface area contributed by atoms with Gasteiger partial charge < -0.3 is 35.7 Å². The zero-order valence-electron chi connectivity index (χ0n) is 12.6. The Morgan fingerprint density at radius 1 is 0.880 bits per heavy atom. The van der Waals surface area contributed by atoms with Crippen molar-refractivity contribution >= 4 is 37.3 Å². The number of nitrogens with one attached hydrogen (secondary N) is 2. The summed E-state index contributed by atoms with van der Waals surface area (Å²) >= 11 is 0. The molecule has 0 aliphatic heterocycles. The van der Waals surface area contributed by atoms with Crippen LogP contribution in [0.1, 0.15) is 19.3 Å². The largest absolute Gasteiger partial charge is 0.481 e. The summed E-state index contributed by atoms with van der Waals surface area (Å²) in [6, 6.07) is -3.46. The Labute approximate surface area is 140 Å². The first-order valence-corrected chi connectivity index (χ1v) is 8.42. The molecule has 2 atom stereocenters. The molecule has 2 amide bonds. The van der Waals surface area contributed by atoms with Crippen molar-refractivity contribution in [1.82, 2.24) is 10.6 Å². The average Bonchev–Trinajstić information content (AvgIpc) is 2.39. The molecule has 0 spiro atoms. The molecule has 0 radical (unpaired) electrons. The Kier molecular flexibility index (Phi) is 8.74. The van der Waals surface area contributed by atoms with Crippen LogP contribution in [0.2, 0.25) is 0 Å². The van der Waals surface area contributed by atoms with E-state index < -0.39 is 74.8 Å². The van der Waals surface area contributed by atoms with Crippen molar-refractivity contribution in [1.29, 1.82) is 0 Å². The van der Waals surface area contributed by atoms with E-state index in [0.29, 0.717) is 0 Å². The van der Waals surface area contributed by atoms with Crippen LogP contribution in [0.15, 0.2) is 0 Å². The van der Waals surface area contributed by atoms with Crippen LogP contribution >= 0.6 is 7.60 Å². The van der Waals surface area contributed by atoms with E-state index in [1.54, 1.807) is 5.32 Å². The molecule has 7 N–H and O–H groups in total. The second-order valence-corrected chi connectivity index (χ2v) is 6.52. The van der Waals surface area contributed by atoms with Crippen molar-refractivity contribution in [3.05, 3.63) is 0 Å². The Morgan fingerprint density at radius 2 is 1.44 bits per heavy atom. The number of amides is 2. The van der Waals surface area contributed by atoms with Gasteiger partial charge in [0.05, 0.1) is 6.42 Å². The summed E-state index contributed by atoms with van der Waals surface area (Å²) < 4.78 is 10.7. The number of carbonyl (C=O) groups is 5. The van der Waals surface area contributed by atoms with Crippen molar-refractivity contribution < 1.29 is 53.6 Å². The van der Waals surface area contributed by atoms with Gasteiger partial charge in [-0.25, -0.2) is 4.79 Å². The van der Waals surface area contributed by atoms with E-state index in [1.165, 1.54) is 0 Å². The van der Waals surface area contributed by atoms with E-state index in [0.717, 1.165) is 0 Å². The normalized spacial score (nSPS) is 13.4. The molecule has 142 valence electrons. The highest BCUT2D eigenvalue weighted by atomic mass is 31.2. The van der Waals surface area contributed by atoms with Crippen molar-refractivity contribution in [2.45, 2.75) is 31.3 Å². The maximum absolute atomic E-state index is 11.9. The van der Waals surface area contributed by atoms with Crippen LogP contribution in [0.25, 0.3) is 0 Å². The minimum absolute atomic E-state index is 0.493. The van der Waals surface area contributed by atoms with E-state index in [4.69, 9.17) is 25.1 Å². The lowest BCUT2D eigenvalue weighted by Crippen LogP contribution is -2.52. The van der Waals surface area contributed by atoms with E-state index in [1.807, 2.05) is 5.32 Å². The number of carboxylic acids is 3. The SMILES string of the molecule is O=C(O)CC[C@H](NC(=O)[C@H](CC(=O)O)NC(=O)CP(=O)(O)O)C(=O)O. The summed E-state index contributed by atoms with van der Waals surface area (Å²) in [5.74, 6) is -7.01. The van der Waals surface area contributed by atoms with Gasteiger partial charge in [-0.2, -0.15) is 0 Å². The Balaban J connectivity index is 5.04. The first-order valence-electron chi connectivity index (χ1n) is 6.62. The van der Waals surface area contributed by atoms with Crippen LogP contribution in [-0.2, 0) is 28.5 Å². The molecule has 0 saturated heterocycles. The van der Waals surface area contributed by atoms with Gasteiger partial charge in [-0.15, -0.1) is 0 Å². The van der Waals surface area contributed by atoms with Gasteiger partial charge in [-0.1, -0.05) is 0 Å². The van der Waals surface area contributed by atoms with Gasteiger partial charge in [-0.05, 0) is 6.42 Å². The molecular weight excluding hydrogens is 367 g/mol. The Bertz CT molecular complexity index is 599. The fourth-order valence-corrected chi connectivity index (χ4v) is 2.07. The van der Waals surface area contributed by atoms with Crippen molar-refractivity contribution in [2.24, 2.45) is 0 Å². The number of carbonyl (C=O) groups excluding carboxylic acids is 2. The van der Waals surface area contributed by atoms with Gasteiger partial charge in [0.1, 0.15) is 18.2 Å². The molecule has 0 aliphatic carbocycles. The van der Waals surface area contributed by atoms with Gasteiger partial charge in [0.15, 0.2) is 0 Å². The van der Waals surface area contributed by atoms with Crippen LogP contribution in [0.5, 0.6) is 0 Å². The van der Waals surface area contributed by atoms with Crippen LogP contribution in [0, 0.1) is 0 Å². The minimum Gasteiger partial charge on any atom is -0.481 e. The molecule has 0 aromatic heterocycles. The Hall–Kier alpha value is -2.50. The zero-order valence-corrected chi connectivity index (χ0v) is 13.5. The lowest BCUT2D eigenvalue weighted by Gasteiger charge is -2.20. The summed E-state index contributed by atoms with van der Waals surface area (Å²) in [6.07, 6.45) is -3.36. The highest BCUT2D eigenvalue weighted by molar-refractivity contribution is 7.52. The number of aliphatic carboxylic acids is 3. The summed E-state index contributed by atoms with van der Waals surface area (Å²) in [4.78, 5) is 72.9. The highest BCUT2D eigenvalue weighted by Gasteiger charge is 2.30.